The van der Waals surface area contributed by atoms with E-state index in [-0.39, 0.29) is 12.1 Å². The fraction of sp³-hybridized carbons (Fsp3) is 0.650. The van der Waals surface area contributed by atoms with E-state index in [0.717, 1.165) is 24.4 Å². The third-order valence-corrected chi connectivity index (χ3v) is 5.74. The Morgan fingerprint density at radius 2 is 1.72 bits per heavy atom. The van der Waals surface area contributed by atoms with Gasteiger partial charge in [-0.1, -0.05) is 30.3 Å². The van der Waals surface area contributed by atoms with Gasteiger partial charge in [0, 0.05) is 24.2 Å². The number of nitrogens with zero attached hydrogens (tertiary/aromatic N) is 1. The van der Waals surface area contributed by atoms with Crippen LogP contribution in [0.15, 0.2) is 30.3 Å². The molecular weight excluding hydrogens is 314 g/mol. The van der Waals surface area contributed by atoms with Crippen LogP contribution in [-0.4, -0.2) is 48.3 Å². The summed E-state index contributed by atoms with van der Waals surface area (Å²) in [5.41, 5.74) is 1.02. The number of nitrogens with one attached hydrogen (secondary N) is 2. The van der Waals surface area contributed by atoms with Gasteiger partial charge in [-0.2, -0.15) is 0 Å². The Morgan fingerprint density at radius 3 is 2.40 bits per heavy atom. The predicted octanol–water partition coefficient (Wildman–Crippen LogP) is 2.66. The number of amides is 1. The first-order valence-electron chi connectivity index (χ1n) is 9.73. The second kappa shape index (κ2) is 7.75. The Hall–Kier alpha value is -1.59. The molecule has 1 saturated heterocycles. The zero-order valence-electron chi connectivity index (χ0n) is 14.8. The number of rotatable bonds is 6. The third kappa shape index (κ3) is 4.73. The molecule has 2 aliphatic carbocycles. The zero-order chi connectivity index (χ0) is 17.1. The lowest BCUT2D eigenvalue weighted by Crippen LogP contribution is -2.56. The summed E-state index contributed by atoms with van der Waals surface area (Å²) in [4.78, 5) is 14.5. The highest BCUT2D eigenvalue weighted by molar-refractivity contribution is 5.67. The van der Waals surface area contributed by atoms with Crippen LogP contribution in [-0.2, 0) is 11.3 Å². The van der Waals surface area contributed by atoms with E-state index in [1.165, 1.54) is 38.8 Å². The average Bonchev–Trinajstić information content (AvgIpc) is 3.45. The van der Waals surface area contributed by atoms with E-state index in [1.807, 2.05) is 30.3 Å². The molecule has 2 saturated carbocycles. The number of hydrogen-bond acceptors (Lipinski definition) is 4. The standard InChI is InChI=1S/C20H29N3O2/c24-20(25-14-15-4-2-1-3-5-15)22-18-12-17(13-18)21-16-8-10-23(11-9-16)19-6-7-19/h1-5,16-19,21H,6-14H2,(H,22,24). The molecule has 1 amide bonds. The molecule has 4 rings (SSSR count). The largest absolute Gasteiger partial charge is 0.445 e. The molecule has 5 heteroatoms. The van der Waals surface area contributed by atoms with Crippen molar-refractivity contribution in [1.82, 2.24) is 15.5 Å². The smallest absolute Gasteiger partial charge is 0.407 e. The molecule has 0 bridgehead atoms. The molecule has 1 aromatic rings. The Kier molecular flexibility index (Phi) is 5.22. The van der Waals surface area contributed by atoms with Crippen LogP contribution >= 0.6 is 0 Å². The zero-order valence-corrected chi connectivity index (χ0v) is 14.8. The summed E-state index contributed by atoms with van der Waals surface area (Å²) in [6.45, 7) is 2.84. The maximum absolute atomic E-state index is 11.9. The Labute approximate surface area is 150 Å². The summed E-state index contributed by atoms with van der Waals surface area (Å²) in [6.07, 6.45) is 7.09. The van der Waals surface area contributed by atoms with Crippen LogP contribution < -0.4 is 10.6 Å². The van der Waals surface area contributed by atoms with Crippen LogP contribution in [0.25, 0.3) is 0 Å². The second-order valence-electron chi connectivity index (χ2n) is 7.78. The number of likely N-dealkylation sites (tertiary alicyclic amines) is 1. The molecule has 0 spiro atoms. The molecular formula is C20H29N3O2. The minimum atomic E-state index is -0.301. The SMILES string of the molecule is O=C(NC1CC(NC2CCN(C3CC3)CC2)C1)OCc1ccccc1. The maximum Gasteiger partial charge on any atom is 0.407 e. The Balaban J connectivity index is 1.08. The summed E-state index contributed by atoms with van der Waals surface area (Å²) < 4.78 is 5.28. The van der Waals surface area contributed by atoms with Gasteiger partial charge in [0.1, 0.15) is 6.61 Å². The fourth-order valence-electron chi connectivity index (χ4n) is 4.01. The summed E-state index contributed by atoms with van der Waals surface area (Å²) in [7, 11) is 0. The first kappa shape index (κ1) is 16.9. The minimum absolute atomic E-state index is 0.257. The number of ether oxygens (including phenoxy) is 1. The van der Waals surface area contributed by atoms with Gasteiger partial charge in [0.15, 0.2) is 0 Å². The molecule has 0 atom stereocenters. The molecule has 1 aliphatic heterocycles. The van der Waals surface area contributed by atoms with Crippen LogP contribution in [0.3, 0.4) is 0 Å². The van der Waals surface area contributed by atoms with Gasteiger partial charge in [0.2, 0.25) is 0 Å². The maximum atomic E-state index is 11.9. The van der Waals surface area contributed by atoms with E-state index < -0.39 is 0 Å². The first-order valence-corrected chi connectivity index (χ1v) is 9.73. The van der Waals surface area contributed by atoms with Crippen LogP contribution in [0.2, 0.25) is 0 Å². The molecule has 1 heterocycles. The summed E-state index contributed by atoms with van der Waals surface area (Å²) >= 11 is 0. The van der Waals surface area contributed by atoms with Crippen molar-refractivity contribution >= 4 is 6.09 Å². The molecule has 1 aromatic carbocycles. The van der Waals surface area contributed by atoms with E-state index in [4.69, 9.17) is 4.74 Å². The number of carbonyl (C=O) groups excluding carboxylic acids is 1. The van der Waals surface area contributed by atoms with Crippen molar-refractivity contribution in [3.63, 3.8) is 0 Å². The van der Waals surface area contributed by atoms with Crippen molar-refractivity contribution in [1.29, 1.82) is 0 Å². The number of benzene rings is 1. The monoisotopic (exact) mass is 343 g/mol. The van der Waals surface area contributed by atoms with Gasteiger partial charge in [-0.25, -0.2) is 4.79 Å². The average molecular weight is 343 g/mol. The lowest BCUT2D eigenvalue weighted by Gasteiger charge is -2.41. The van der Waals surface area contributed by atoms with Crippen LogP contribution in [0.1, 0.15) is 44.1 Å². The summed E-state index contributed by atoms with van der Waals surface area (Å²) in [5, 5.41) is 6.75. The molecule has 5 nitrogen and oxygen atoms in total. The number of piperidine rings is 1. The van der Waals surface area contributed by atoms with Crippen LogP contribution in [0.5, 0.6) is 0 Å². The van der Waals surface area contributed by atoms with Gasteiger partial charge in [0.25, 0.3) is 0 Å². The molecule has 0 aromatic heterocycles. The van der Waals surface area contributed by atoms with Gasteiger partial charge in [-0.15, -0.1) is 0 Å². The summed E-state index contributed by atoms with van der Waals surface area (Å²) in [5.74, 6) is 0. The highest BCUT2D eigenvalue weighted by Crippen LogP contribution is 2.30. The number of hydrogen-bond donors (Lipinski definition) is 2. The van der Waals surface area contributed by atoms with Gasteiger partial charge in [-0.3, -0.25) is 0 Å². The van der Waals surface area contributed by atoms with Crippen molar-refractivity contribution < 1.29 is 9.53 Å². The van der Waals surface area contributed by atoms with Crippen molar-refractivity contribution in [3.05, 3.63) is 35.9 Å². The highest BCUT2D eigenvalue weighted by Gasteiger charge is 2.35. The third-order valence-electron chi connectivity index (χ3n) is 5.74. The molecule has 3 aliphatic rings. The molecule has 0 unspecified atom stereocenters. The van der Waals surface area contributed by atoms with Crippen molar-refractivity contribution in [2.75, 3.05) is 13.1 Å². The van der Waals surface area contributed by atoms with Crippen molar-refractivity contribution in [3.8, 4) is 0 Å². The van der Waals surface area contributed by atoms with Gasteiger partial charge >= 0.3 is 6.09 Å². The van der Waals surface area contributed by atoms with E-state index in [0.29, 0.717) is 18.7 Å². The lowest BCUT2D eigenvalue weighted by atomic mass is 9.85. The van der Waals surface area contributed by atoms with Crippen LogP contribution in [0.4, 0.5) is 4.79 Å². The Bertz CT molecular complexity index is 562. The minimum Gasteiger partial charge on any atom is -0.445 e. The van der Waals surface area contributed by atoms with Crippen molar-refractivity contribution in [2.45, 2.75) is 69.3 Å². The van der Waals surface area contributed by atoms with E-state index >= 15 is 0 Å². The number of carbonyl (C=O) groups is 1. The normalized spacial score (nSPS) is 27.5. The Morgan fingerprint density at radius 1 is 1.00 bits per heavy atom. The second-order valence-corrected chi connectivity index (χ2v) is 7.78. The quantitative estimate of drug-likeness (QED) is 0.834. The molecule has 25 heavy (non-hydrogen) atoms. The summed E-state index contributed by atoms with van der Waals surface area (Å²) in [6, 6.07) is 12.2. The van der Waals surface area contributed by atoms with Crippen molar-refractivity contribution in [2.24, 2.45) is 0 Å². The molecule has 3 fully saturated rings. The fourth-order valence-corrected chi connectivity index (χ4v) is 4.01. The van der Waals surface area contributed by atoms with Gasteiger partial charge < -0.3 is 20.3 Å². The predicted molar refractivity (Wildman–Crippen MR) is 97.3 cm³/mol. The number of alkyl carbamates (subject to hydrolysis) is 1. The molecule has 0 radical (unpaired) electrons. The van der Waals surface area contributed by atoms with Gasteiger partial charge in [0.05, 0.1) is 0 Å². The topological polar surface area (TPSA) is 53.6 Å². The lowest BCUT2D eigenvalue weighted by molar-refractivity contribution is 0.120. The molecule has 2 N–H and O–H groups in total. The van der Waals surface area contributed by atoms with E-state index in [1.54, 1.807) is 0 Å². The first-order chi connectivity index (χ1) is 12.3. The van der Waals surface area contributed by atoms with Gasteiger partial charge in [-0.05, 0) is 57.2 Å². The van der Waals surface area contributed by atoms with E-state index in [2.05, 4.69) is 15.5 Å². The van der Waals surface area contributed by atoms with E-state index in [9.17, 15) is 4.79 Å². The van der Waals surface area contributed by atoms with Crippen LogP contribution in [0, 0.1) is 0 Å². The highest BCUT2D eigenvalue weighted by atomic mass is 16.5. The molecule has 136 valence electrons.